The number of benzene rings is 2. The quantitative estimate of drug-likeness (QED) is 0.863. The standard InChI is InChI=1S/C14H11ClF2N2O/c1-19(12-7-8(15)5-6-11(12)18)14(20)13-9(16)3-2-4-10(13)17/h2-7H,18H2,1H3. The van der Waals surface area contributed by atoms with Crippen LogP contribution in [0.5, 0.6) is 0 Å². The van der Waals surface area contributed by atoms with Gasteiger partial charge in [0, 0.05) is 12.1 Å². The molecule has 6 heteroatoms. The molecular weight excluding hydrogens is 286 g/mol. The summed E-state index contributed by atoms with van der Waals surface area (Å²) in [7, 11) is 1.37. The van der Waals surface area contributed by atoms with Gasteiger partial charge in [0.2, 0.25) is 0 Å². The number of hydrogen-bond donors (Lipinski definition) is 1. The Labute approximate surface area is 119 Å². The highest BCUT2D eigenvalue weighted by atomic mass is 35.5. The number of nitrogens with two attached hydrogens (primary N) is 1. The van der Waals surface area contributed by atoms with E-state index in [0.717, 1.165) is 17.0 Å². The van der Waals surface area contributed by atoms with E-state index >= 15 is 0 Å². The van der Waals surface area contributed by atoms with Crippen LogP contribution in [0.15, 0.2) is 36.4 Å². The fourth-order valence-corrected chi connectivity index (χ4v) is 1.95. The molecule has 104 valence electrons. The molecule has 0 saturated carbocycles. The fraction of sp³-hybridized carbons (Fsp3) is 0.0714. The Morgan fingerprint density at radius 3 is 2.40 bits per heavy atom. The summed E-state index contributed by atoms with van der Waals surface area (Å²) in [6.45, 7) is 0. The van der Waals surface area contributed by atoms with E-state index in [0.29, 0.717) is 5.02 Å². The molecule has 0 unspecified atom stereocenters. The maximum absolute atomic E-state index is 13.6. The molecule has 0 aliphatic rings. The van der Waals surface area contributed by atoms with Crippen molar-refractivity contribution < 1.29 is 13.6 Å². The van der Waals surface area contributed by atoms with Gasteiger partial charge in [-0.15, -0.1) is 0 Å². The summed E-state index contributed by atoms with van der Waals surface area (Å²) in [5.74, 6) is -2.69. The normalized spacial score (nSPS) is 10.4. The van der Waals surface area contributed by atoms with Gasteiger partial charge in [0.05, 0.1) is 11.4 Å². The highest BCUT2D eigenvalue weighted by Crippen LogP contribution is 2.28. The van der Waals surface area contributed by atoms with Crippen molar-refractivity contribution in [2.45, 2.75) is 0 Å². The molecule has 0 saturated heterocycles. The van der Waals surface area contributed by atoms with Crippen LogP contribution in [0.4, 0.5) is 20.2 Å². The van der Waals surface area contributed by atoms with Crippen LogP contribution in [0.2, 0.25) is 5.02 Å². The predicted molar refractivity (Wildman–Crippen MR) is 75.0 cm³/mol. The maximum Gasteiger partial charge on any atom is 0.264 e. The Hall–Kier alpha value is -2.14. The summed E-state index contributed by atoms with van der Waals surface area (Å²) in [5, 5.41) is 0.364. The average molecular weight is 297 g/mol. The third-order valence-corrected chi connectivity index (χ3v) is 3.07. The Balaban J connectivity index is 2.45. The monoisotopic (exact) mass is 296 g/mol. The zero-order valence-corrected chi connectivity index (χ0v) is 11.3. The van der Waals surface area contributed by atoms with Crippen molar-refractivity contribution in [2.75, 3.05) is 17.7 Å². The molecule has 0 atom stereocenters. The van der Waals surface area contributed by atoms with Crippen molar-refractivity contribution in [3.05, 3.63) is 58.6 Å². The summed E-state index contributed by atoms with van der Waals surface area (Å²) >= 11 is 5.83. The largest absolute Gasteiger partial charge is 0.397 e. The zero-order chi connectivity index (χ0) is 14.9. The number of hydrogen-bond acceptors (Lipinski definition) is 2. The number of nitrogens with zero attached hydrogens (tertiary/aromatic N) is 1. The third-order valence-electron chi connectivity index (χ3n) is 2.84. The Morgan fingerprint density at radius 1 is 1.20 bits per heavy atom. The van der Waals surface area contributed by atoms with E-state index in [4.69, 9.17) is 17.3 Å². The molecule has 0 heterocycles. The van der Waals surface area contributed by atoms with Crippen molar-refractivity contribution in [1.82, 2.24) is 0 Å². The minimum absolute atomic E-state index is 0.280. The SMILES string of the molecule is CN(C(=O)c1c(F)cccc1F)c1cc(Cl)ccc1N. The van der Waals surface area contributed by atoms with Gasteiger partial charge < -0.3 is 10.6 Å². The molecule has 2 aromatic carbocycles. The van der Waals surface area contributed by atoms with Gasteiger partial charge in [0.25, 0.3) is 5.91 Å². The molecule has 0 spiro atoms. The van der Waals surface area contributed by atoms with Gasteiger partial charge in [0.15, 0.2) is 0 Å². The van der Waals surface area contributed by atoms with Crippen LogP contribution < -0.4 is 10.6 Å². The van der Waals surface area contributed by atoms with Gasteiger partial charge in [-0.1, -0.05) is 17.7 Å². The zero-order valence-electron chi connectivity index (χ0n) is 10.5. The molecule has 2 N–H and O–H groups in total. The van der Waals surface area contributed by atoms with E-state index in [1.807, 2.05) is 0 Å². The minimum atomic E-state index is -0.928. The molecule has 1 amide bonds. The van der Waals surface area contributed by atoms with E-state index < -0.39 is 23.1 Å². The van der Waals surface area contributed by atoms with E-state index in [2.05, 4.69) is 0 Å². The maximum atomic E-state index is 13.6. The van der Waals surface area contributed by atoms with Crippen molar-refractivity contribution in [3.8, 4) is 0 Å². The van der Waals surface area contributed by atoms with Crippen LogP contribution in [0.1, 0.15) is 10.4 Å². The van der Waals surface area contributed by atoms with Crippen LogP contribution in [0.3, 0.4) is 0 Å². The first-order valence-electron chi connectivity index (χ1n) is 5.69. The first kappa shape index (κ1) is 14.3. The van der Waals surface area contributed by atoms with E-state index in [1.165, 1.54) is 25.2 Å². The fourth-order valence-electron chi connectivity index (χ4n) is 1.79. The van der Waals surface area contributed by atoms with E-state index in [1.54, 1.807) is 6.07 Å². The third kappa shape index (κ3) is 2.58. The van der Waals surface area contributed by atoms with Crippen LogP contribution in [0.25, 0.3) is 0 Å². The number of nitrogen functional groups attached to an aromatic ring is 1. The number of anilines is 2. The lowest BCUT2D eigenvalue weighted by atomic mass is 10.1. The smallest absolute Gasteiger partial charge is 0.264 e. The molecule has 0 fully saturated rings. The first-order valence-corrected chi connectivity index (χ1v) is 6.06. The molecule has 2 aromatic rings. The molecule has 2 rings (SSSR count). The summed E-state index contributed by atoms with van der Waals surface area (Å²) in [4.78, 5) is 13.3. The molecular formula is C14H11ClF2N2O. The molecule has 20 heavy (non-hydrogen) atoms. The van der Waals surface area contributed by atoms with Crippen LogP contribution in [-0.2, 0) is 0 Å². The Morgan fingerprint density at radius 2 is 1.80 bits per heavy atom. The number of rotatable bonds is 2. The average Bonchev–Trinajstić information content (AvgIpc) is 2.40. The second kappa shape index (κ2) is 5.46. The molecule has 0 aliphatic carbocycles. The van der Waals surface area contributed by atoms with Crippen molar-refractivity contribution in [1.29, 1.82) is 0 Å². The molecule has 0 radical (unpaired) electrons. The number of amides is 1. The molecule has 0 aromatic heterocycles. The predicted octanol–water partition coefficient (Wildman–Crippen LogP) is 3.48. The second-order valence-electron chi connectivity index (χ2n) is 4.16. The van der Waals surface area contributed by atoms with Gasteiger partial charge in [-0.05, 0) is 30.3 Å². The highest BCUT2D eigenvalue weighted by molar-refractivity contribution is 6.31. The van der Waals surface area contributed by atoms with Crippen LogP contribution in [-0.4, -0.2) is 13.0 Å². The first-order chi connectivity index (χ1) is 9.41. The van der Waals surface area contributed by atoms with Gasteiger partial charge in [0.1, 0.15) is 17.2 Å². The van der Waals surface area contributed by atoms with Crippen molar-refractivity contribution in [3.63, 3.8) is 0 Å². The number of carbonyl (C=O) groups excluding carboxylic acids is 1. The number of carbonyl (C=O) groups is 1. The summed E-state index contributed by atoms with van der Waals surface area (Å²) in [6.07, 6.45) is 0. The number of halogens is 3. The topological polar surface area (TPSA) is 46.3 Å². The molecule has 3 nitrogen and oxygen atoms in total. The van der Waals surface area contributed by atoms with Crippen LogP contribution >= 0.6 is 11.6 Å². The molecule has 0 bridgehead atoms. The summed E-state index contributed by atoms with van der Waals surface area (Å²) in [5.41, 5.74) is 5.67. The van der Waals surface area contributed by atoms with Gasteiger partial charge in [-0.3, -0.25) is 4.79 Å². The van der Waals surface area contributed by atoms with Crippen molar-refractivity contribution >= 4 is 28.9 Å². The van der Waals surface area contributed by atoms with Gasteiger partial charge in [-0.2, -0.15) is 0 Å². The van der Waals surface area contributed by atoms with Crippen LogP contribution in [0, 0.1) is 11.6 Å². The lowest BCUT2D eigenvalue weighted by Crippen LogP contribution is -2.28. The van der Waals surface area contributed by atoms with Crippen molar-refractivity contribution in [2.24, 2.45) is 0 Å². The van der Waals surface area contributed by atoms with E-state index in [-0.39, 0.29) is 11.4 Å². The Kier molecular flexibility index (Phi) is 3.90. The minimum Gasteiger partial charge on any atom is -0.397 e. The van der Waals surface area contributed by atoms with E-state index in [9.17, 15) is 13.6 Å². The lowest BCUT2D eigenvalue weighted by molar-refractivity contribution is 0.0985. The lowest BCUT2D eigenvalue weighted by Gasteiger charge is -2.20. The van der Waals surface area contributed by atoms with Gasteiger partial charge >= 0.3 is 0 Å². The second-order valence-corrected chi connectivity index (χ2v) is 4.60. The highest BCUT2D eigenvalue weighted by Gasteiger charge is 2.22. The van der Waals surface area contributed by atoms with Gasteiger partial charge in [-0.25, -0.2) is 8.78 Å². The summed E-state index contributed by atoms with van der Waals surface area (Å²) < 4.78 is 27.2. The summed E-state index contributed by atoms with van der Waals surface area (Å²) in [6, 6.07) is 7.75. The Bertz CT molecular complexity index is 656. The molecule has 0 aliphatic heterocycles.